The van der Waals surface area contributed by atoms with Crippen molar-refractivity contribution in [2.24, 2.45) is 0 Å². The van der Waals surface area contributed by atoms with Crippen molar-refractivity contribution in [2.45, 2.75) is 24.6 Å². The van der Waals surface area contributed by atoms with Crippen molar-refractivity contribution in [3.63, 3.8) is 0 Å². The largest absolute Gasteiger partial charge is 0.374 e. The third-order valence-electron chi connectivity index (χ3n) is 5.95. The van der Waals surface area contributed by atoms with Crippen LogP contribution in [0.2, 0.25) is 0 Å². The quantitative estimate of drug-likeness (QED) is 0.793. The highest BCUT2D eigenvalue weighted by molar-refractivity contribution is 7.99. The summed E-state index contributed by atoms with van der Waals surface area (Å²) in [6.45, 7) is 1.47. The molecule has 154 valence electrons. The van der Waals surface area contributed by atoms with Crippen molar-refractivity contribution >= 4 is 40.2 Å². The monoisotopic (exact) mass is 423 g/mol. The van der Waals surface area contributed by atoms with Crippen LogP contribution in [0.3, 0.4) is 0 Å². The average molecular weight is 423 g/mol. The molecule has 8 nitrogen and oxygen atoms in total. The van der Waals surface area contributed by atoms with E-state index in [-0.39, 0.29) is 24.5 Å². The number of amides is 2. The van der Waals surface area contributed by atoms with Gasteiger partial charge in [0.15, 0.2) is 0 Å². The molecule has 9 heteroatoms. The van der Waals surface area contributed by atoms with Gasteiger partial charge in [-0.05, 0) is 30.7 Å². The first-order valence-electron chi connectivity index (χ1n) is 9.96. The Hall–Kier alpha value is -2.83. The number of nitrogens with one attached hydrogen (secondary N) is 1. The second-order valence-electron chi connectivity index (χ2n) is 7.75. The second-order valence-corrected chi connectivity index (χ2v) is 8.75. The minimum Gasteiger partial charge on any atom is -0.374 e. The van der Waals surface area contributed by atoms with E-state index >= 15 is 0 Å². The van der Waals surface area contributed by atoms with Crippen LogP contribution < -0.4 is 10.2 Å². The topological polar surface area (TPSA) is 98.6 Å². The van der Waals surface area contributed by atoms with Gasteiger partial charge in [-0.15, -0.1) is 11.8 Å². The van der Waals surface area contributed by atoms with Crippen LogP contribution in [0.25, 0.3) is 10.9 Å². The Morgan fingerprint density at radius 3 is 3.03 bits per heavy atom. The SMILES string of the molecule is N#CC1CSCN1C(=O)CNC(=O)c1ccnc2ccc(N3CC4CC3CO4)cc12. The molecule has 1 aromatic carbocycles. The molecule has 2 aromatic rings. The highest BCUT2D eigenvalue weighted by Crippen LogP contribution is 2.34. The number of thioether (sulfide) groups is 1. The summed E-state index contributed by atoms with van der Waals surface area (Å²) in [4.78, 5) is 33.5. The average Bonchev–Trinajstić information content (AvgIpc) is 3.53. The van der Waals surface area contributed by atoms with E-state index in [0.717, 1.165) is 36.2 Å². The van der Waals surface area contributed by atoms with Gasteiger partial charge in [-0.2, -0.15) is 5.26 Å². The standard InChI is InChI=1S/C21H21N5O3S/c22-7-15-11-30-12-26(15)20(27)8-24-21(28)17-3-4-23-19-2-1-13(6-18(17)19)25-9-16-5-14(25)10-29-16/h1-4,6,14-16H,5,8-12H2,(H,24,28). The molecule has 0 radical (unpaired) electrons. The molecular weight excluding hydrogens is 402 g/mol. The lowest BCUT2D eigenvalue weighted by atomic mass is 10.1. The Morgan fingerprint density at radius 1 is 1.37 bits per heavy atom. The van der Waals surface area contributed by atoms with E-state index in [2.05, 4.69) is 21.3 Å². The number of morpholine rings is 1. The first-order valence-corrected chi connectivity index (χ1v) is 11.1. The van der Waals surface area contributed by atoms with Crippen LogP contribution in [0.15, 0.2) is 30.5 Å². The van der Waals surface area contributed by atoms with Crippen LogP contribution in [0.1, 0.15) is 16.8 Å². The summed E-state index contributed by atoms with van der Waals surface area (Å²) in [5, 5.41) is 12.6. The van der Waals surface area contributed by atoms with E-state index in [4.69, 9.17) is 10.00 Å². The van der Waals surface area contributed by atoms with E-state index in [0.29, 0.717) is 23.2 Å². The fourth-order valence-corrected chi connectivity index (χ4v) is 5.48. The minimum absolute atomic E-state index is 0.131. The second kappa shape index (κ2) is 7.78. The number of pyridine rings is 1. The first-order chi connectivity index (χ1) is 14.6. The molecule has 0 aliphatic carbocycles. The Bertz CT molecular complexity index is 1050. The van der Waals surface area contributed by atoms with Gasteiger partial charge < -0.3 is 19.9 Å². The zero-order chi connectivity index (χ0) is 20.7. The molecule has 3 unspecified atom stereocenters. The van der Waals surface area contributed by atoms with E-state index in [1.165, 1.54) is 4.90 Å². The molecule has 3 aliphatic rings. The maximum absolute atomic E-state index is 12.9. The van der Waals surface area contributed by atoms with Crippen molar-refractivity contribution in [2.75, 3.05) is 36.2 Å². The van der Waals surface area contributed by atoms with Crippen LogP contribution in [-0.2, 0) is 9.53 Å². The molecule has 4 heterocycles. The van der Waals surface area contributed by atoms with Gasteiger partial charge in [0, 0.05) is 29.6 Å². The van der Waals surface area contributed by atoms with E-state index in [9.17, 15) is 9.59 Å². The number of anilines is 1. The van der Waals surface area contributed by atoms with Gasteiger partial charge in [0.25, 0.3) is 5.91 Å². The number of ether oxygens (including phenoxy) is 1. The summed E-state index contributed by atoms with van der Waals surface area (Å²) in [6, 6.07) is 9.73. The molecule has 3 aliphatic heterocycles. The third-order valence-corrected chi connectivity index (χ3v) is 6.97. The maximum atomic E-state index is 12.9. The van der Waals surface area contributed by atoms with Crippen LogP contribution in [0.4, 0.5) is 5.69 Å². The first kappa shape index (κ1) is 19.2. The molecule has 1 aromatic heterocycles. The molecule has 3 fully saturated rings. The number of nitrogens with zero attached hydrogens (tertiary/aromatic N) is 4. The summed E-state index contributed by atoms with van der Waals surface area (Å²) in [5.74, 6) is 0.527. The van der Waals surface area contributed by atoms with Gasteiger partial charge in [0.1, 0.15) is 6.04 Å². The fourth-order valence-electron chi connectivity index (χ4n) is 4.37. The van der Waals surface area contributed by atoms with Crippen LogP contribution in [-0.4, -0.2) is 71.2 Å². The van der Waals surface area contributed by atoms with Crippen molar-refractivity contribution in [1.82, 2.24) is 15.2 Å². The number of carbonyl (C=O) groups is 2. The Balaban J connectivity index is 1.34. The normalized spacial score (nSPS) is 25.0. The number of nitriles is 1. The van der Waals surface area contributed by atoms with Gasteiger partial charge in [0.2, 0.25) is 5.91 Å². The Kier molecular flexibility index (Phi) is 4.97. The van der Waals surface area contributed by atoms with E-state index in [1.807, 2.05) is 18.2 Å². The summed E-state index contributed by atoms with van der Waals surface area (Å²) in [7, 11) is 0. The molecule has 1 N–H and O–H groups in total. The van der Waals surface area contributed by atoms with Gasteiger partial charge in [-0.3, -0.25) is 14.6 Å². The molecule has 2 amide bonds. The van der Waals surface area contributed by atoms with Crippen molar-refractivity contribution < 1.29 is 14.3 Å². The predicted octanol–water partition coefficient (Wildman–Crippen LogP) is 1.37. The zero-order valence-electron chi connectivity index (χ0n) is 16.3. The summed E-state index contributed by atoms with van der Waals surface area (Å²) in [5.41, 5.74) is 2.28. The highest BCUT2D eigenvalue weighted by atomic mass is 32.2. The summed E-state index contributed by atoms with van der Waals surface area (Å²) in [6.07, 6.45) is 2.93. The van der Waals surface area contributed by atoms with Gasteiger partial charge >= 0.3 is 0 Å². The maximum Gasteiger partial charge on any atom is 0.252 e. The van der Waals surface area contributed by atoms with E-state index in [1.54, 1.807) is 24.0 Å². The van der Waals surface area contributed by atoms with Crippen LogP contribution in [0.5, 0.6) is 0 Å². The number of hydrogen-bond acceptors (Lipinski definition) is 7. The van der Waals surface area contributed by atoms with Gasteiger partial charge in [-0.25, -0.2) is 0 Å². The van der Waals surface area contributed by atoms with Gasteiger partial charge in [0.05, 0.1) is 48.3 Å². The van der Waals surface area contributed by atoms with Crippen LogP contribution >= 0.6 is 11.8 Å². The summed E-state index contributed by atoms with van der Waals surface area (Å²) >= 11 is 1.54. The molecular formula is C21H21N5O3S. The number of aromatic nitrogens is 1. The van der Waals surface area contributed by atoms with Crippen molar-refractivity contribution in [1.29, 1.82) is 5.26 Å². The van der Waals surface area contributed by atoms with Crippen molar-refractivity contribution in [3.8, 4) is 6.07 Å². The van der Waals surface area contributed by atoms with Crippen molar-refractivity contribution in [3.05, 3.63) is 36.0 Å². The number of fused-ring (bicyclic) bond motifs is 3. The van der Waals surface area contributed by atoms with E-state index < -0.39 is 6.04 Å². The fraction of sp³-hybridized carbons (Fsp3) is 0.429. The molecule has 3 atom stereocenters. The summed E-state index contributed by atoms with van der Waals surface area (Å²) < 4.78 is 5.69. The molecule has 5 rings (SSSR count). The third kappa shape index (κ3) is 3.36. The molecule has 3 saturated heterocycles. The molecule has 30 heavy (non-hydrogen) atoms. The minimum atomic E-state index is -0.427. The molecule has 0 spiro atoms. The molecule has 2 bridgehead atoms. The Labute approximate surface area is 178 Å². The lowest BCUT2D eigenvalue weighted by Gasteiger charge is -2.29. The zero-order valence-corrected chi connectivity index (χ0v) is 17.1. The lowest BCUT2D eigenvalue weighted by Crippen LogP contribution is -2.42. The predicted molar refractivity (Wildman–Crippen MR) is 113 cm³/mol. The Morgan fingerprint density at radius 2 is 2.27 bits per heavy atom. The molecule has 0 saturated carbocycles. The number of benzene rings is 1. The number of hydrogen-bond donors (Lipinski definition) is 1. The number of rotatable bonds is 4. The van der Waals surface area contributed by atoms with Crippen LogP contribution in [0, 0.1) is 11.3 Å². The number of carbonyl (C=O) groups excluding carboxylic acids is 2. The van der Waals surface area contributed by atoms with Gasteiger partial charge in [-0.1, -0.05) is 0 Å². The highest BCUT2D eigenvalue weighted by Gasteiger charge is 2.39. The smallest absolute Gasteiger partial charge is 0.252 e. The lowest BCUT2D eigenvalue weighted by molar-refractivity contribution is -0.129.